The molecule has 38 atom stereocenters. The Balaban J connectivity index is 0.000000274. The molecule has 2 aliphatic carbocycles. The van der Waals surface area contributed by atoms with Gasteiger partial charge in [0, 0.05) is 77.0 Å². The first-order valence-electron chi connectivity index (χ1n) is 32.5. The van der Waals surface area contributed by atoms with Crippen molar-refractivity contribution in [2.24, 2.45) is 74.9 Å². The molecule has 97 heavy (non-hydrogen) atoms. The standard InChI is InChI=1S/C29H55N7O14.C27H51N5O15/c30-6-12-19(40)21(42)16(35)27(45-12)48-24-11(32)5-9(4-10(38)2-1-3-15(33)34)18(39)26(24)50-29-23(44)25(14(8-37)47-29)49-28-17(36)22(43)20(41)13(7-31)46-28;28-5-11-17(37)19(39)14(31)25(42-11)45-22-10(30)4-8(3-9(35)1-2-33)16(36)24(22)47-27-21(41)23(13(7-34)44-27)46-26-15(32)20(40)18(38)12(6-29)43-26/h9,11-14,16-29,37,39-44H,1-8,30-32,35-36H2,(H3,33,34);8,10-27,33-34,36-41H,1-7,28-32H2/t9-,11+,12-,13+,14-,16-,17-,18+,19-,20-,21-,22-,23-,24-,25-,26-,27-,28-,29+;8-,10+,11-,12+,13-,14-,15-,16+,17-,18-,19-,20-,21-,22-,23-,24-,25-,26-,27+/m11/s1. The lowest BCUT2D eigenvalue weighted by atomic mass is 9.76. The molecule has 0 aromatic rings. The van der Waals surface area contributed by atoms with Crippen molar-refractivity contribution in [2.45, 2.75) is 272 Å². The summed E-state index contributed by atoms with van der Waals surface area (Å²) in [5.74, 6) is -2.18. The van der Waals surface area contributed by atoms with Gasteiger partial charge in [-0.15, -0.1) is 0 Å². The lowest BCUT2D eigenvalue weighted by molar-refractivity contribution is -0.309. The molecule has 0 spiro atoms. The van der Waals surface area contributed by atoms with Crippen LogP contribution in [0, 0.1) is 17.2 Å². The van der Waals surface area contributed by atoms with Crippen molar-refractivity contribution >= 4 is 17.4 Å². The van der Waals surface area contributed by atoms with Crippen molar-refractivity contribution in [1.82, 2.24) is 0 Å². The summed E-state index contributed by atoms with van der Waals surface area (Å²) in [5, 5.41) is 165. The number of nitrogens with two attached hydrogens (primary N) is 11. The minimum absolute atomic E-state index is 0.0444. The third-order valence-corrected chi connectivity index (χ3v) is 19.2. The molecule has 0 bridgehead atoms. The minimum atomic E-state index is -1.67. The number of amidine groups is 1. The van der Waals surface area contributed by atoms with E-state index in [2.05, 4.69) is 0 Å². The van der Waals surface area contributed by atoms with Gasteiger partial charge in [-0.1, -0.05) is 0 Å². The number of ketones is 2. The summed E-state index contributed by atoms with van der Waals surface area (Å²) in [7, 11) is 0. The Morgan fingerprint density at radius 2 is 0.639 bits per heavy atom. The van der Waals surface area contributed by atoms with E-state index < -0.39 is 252 Å². The Morgan fingerprint density at radius 3 is 0.918 bits per heavy atom. The predicted molar refractivity (Wildman–Crippen MR) is 324 cm³/mol. The van der Waals surface area contributed by atoms with E-state index in [-0.39, 0.29) is 88.5 Å². The van der Waals surface area contributed by atoms with Crippen molar-refractivity contribution in [1.29, 1.82) is 5.41 Å². The molecule has 564 valence electrons. The largest absolute Gasteiger partial charge is 0.396 e. The predicted octanol–water partition coefficient (Wildman–Crippen LogP) is -15.8. The van der Waals surface area contributed by atoms with E-state index in [9.17, 15) is 86.2 Å². The molecule has 2 saturated carbocycles. The normalized spacial score (nSPS) is 48.1. The van der Waals surface area contributed by atoms with E-state index in [0.29, 0.717) is 6.42 Å². The zero-order valence-electron chi connectivity index (χ0n) is 53.3. The van der Waals surface area contributed by atoms with E-state index in [0.717, 1.165) is 0 Å². The Hall–Kier alpha value is -2.67. The second kappa shape index (κ2) is 36.7. The molecule has 6 heterocycles. The van der Waals surface area contributed by atoms with Crippen LogP contribution in [0.2, 0.25) is 0 Å². The van der Waals surface area contributed by atoms with Crippen LogP contribution < -0.4 is 63.1 Å². The van der Waals surface area contributed by atoms with Gasteiger partial charge in [0.05, 0.1) is 55.4 Å². The molecule has 6 saturated heterocycles. The SMILES string of the molecule is N=C(N)CCCC(=O)C[C@@H]1C[C@H](N)[C@@H](O[C@H]2O[C@H](CN)[C@@H](O)[C@H](O)[C@H]2N)[C@H](O[C@@H]2O[C@H](CO)[C@@H](O[C@H]3O[C@@H](CN)[C@@H](O)[C@H](O)[C@H]3N)[C@H]2O)[C@H]1O.NC[C@@H]1O[C@H](O[C@H]2[C@@H](O)[C@H](O[C@@H]3[C@@H](O)[C@H](CC(=O)CCO)C[C@H](N)[C@H]3O[C@H]3O[C@H](CN)[C@@H](O)[C@H](O)[C@H]3N)O[C@@H]2CO)[C@H](N)[C@@H](O)[C@@H]1O. The highest BCUT2D eigenvalue weighted by Gasteiger charge is 2.58. The van der Waals surface area contributed by atoms with Crippen LogP contribution in [0.4, 0.5) is 0 Å². The number of ether oxygens (including phenoxy) is 12. The van der Waals surface area contributed by atoms with Crippen LogP contribution in [0.1, 0.15) is 51.4 Å². The van der Waals surface area contributed by atoms with Gasteiger partial charge in [-0.05, 0) is 31.1 Å². The Morgan fingerprint density at radius 1 is 0.361 bits per heavy atom. The number of aliphatic hydroxyl groups is 15. The van der Waals surface area contributed by atoms with Crippen molar-refractivity contribution in [2.75, 3.05) is 46.0 Å². The Kier molecular flexibility index (Phi) is 30.8. The average Bonchev–Trinajstić information content (AvgIpc) is 1.64. The highest BCUT2D eigenvalue weighted by molar-refractivity contribution is 5.81. The maximum Gasteiger partial charge on any atom is 0.187 e. The summed E-state index contributed by atoms with van der Waals surface area (Å²) in [5.41, 5.74) is 65.3. The fourth-order valence-electron chi connectivity index (χ4n) is 13.4. The molecule has 8 aliphatic rings. The van der Waals surface area contributed by atoms with Crippen LogP contribution in [0.25, 0.3) is 0 Å². The number of nitrogens with one attached hydrogen (secondary N) is 1. The second-order valence-corrected chi connectivity index (χ2v) is 26.0. The van der Waals surface area contributed by atoms with Crippen molar-refractivity contribution in [3.63, 3.8) is 0 Å². The first-order chi connectivity index (χ1) is 45.9. The molecule has 8 rings (SSSR count). The number of hydrogen-bond donors (Lipinski definition) is 27. The molecule has 0 aromatic carbocycles. The van der Waals surface area contributed by atoms with Crippen LogP contribution >= 0.6 is 0 Å². The van der Waals surface area contributed by atoms with E-state index in [1.165, 1.54) is 0 Å². The summed E-state index contributed by atoms with van der Waals surface area (Å²) in [6.07, 6.45) is -41.2. The van der Waals surface area contributed by atoms with Gasteiger partial charge in [0.2, 0.25) is 0 Å². The molecule has 38 N–H and O–H groups in total. The van der Waals surface area contributed by atoms with E-state index in [1.807, 2.05) is 0 Å². The molecule has 0 amide bonds. The summed E-state index contributed by atoms with van der Waals surface area (Å²) < 4.78 is 70.3. The number of rotatable bonds is 28. The summed E-state index contributed by atoms with van der Waals surface area (Å²) in [6, 6.07) is -7.01. The van der Waals surface area contributed by atoms with Gasteiger partial charge in [0.1, 0.15) is 146 Å². The molecule has 0 unspecified atom stereocenters. The zero-order chi connectivity index (χ0) is 71.8. The van der Waals surface area contributed by atoms with E-state index in [4.69, 9.17) is 125 Å². The number of carbonyl (C=O) groups excluding carboxylic acids is 2. The quantitative estimate of drug-likeness (QED) is 0.0255. The Labute approximate surface area is 557 Å². The number of aliphatic hydroxyl groups excluding tert-OH is 15. The number of carbonyl (C=O) groups is 2. The average molecular weight is 1410 g/mol. The van der Waals surface area contributed by atoms with Gasteiger partial charge >= 0.3 is 0 Å². The lowest BCUT2D eigenvalue weighted by Crippen LogP contribution is -2.67. The molecule has 0 aromatic heterocycles. The Bertz CT molecular complexity index is 2440. The van der Waals surface area contributed by atoms with E-state index >= 15 is 0 Å². The maximum atomic E-state index is 12.8. The van der Waals surface area contributed by atoms with Gasteiger partial charge < -0.3 is 197 Å². The highest BCUT2D eigenvalue weighted by atomic mass is 16.8. The van der Waals surface area contributed by atoms with Gasteiger partial charge in [-0.3, -0.25) is 15.0 Å². The molecule has 0 radical (unpaired) electrons. The summed E-state index contributed by atoms with van der Waals surface area (Å²) >= 11 is 0. The molecule has 8 fully saturated rings. The van der Waals surface area contributed by atoms with Crippen molar-refractivity contribution < 1.29 is 143 Å². The second-order valence-electron chi connectivity index (χ2n) is 26.0. The molecule has 41 heteroatoms. The number of Topliss-reactive ketones (excluding diaryl/α,β-unsaturated/α-hetero) is 2. The molecular formula is C56H106N12O29. The lowest BCUT2D eigenvalue weighted by Gasteiger charge is -2.47. The smallest absolute Gasteiger partial charge is 0.187 e. The molecule has 6 aliphatic heterocycles. The first kappa shape index (κ1) is 81.6. The van der Waals surface area contributed by atoms with Crippen molar-refractivity contribution in [3.05, 3.63) is 0 Å². The minimum Gasteiger partial charge on any atom is -0.396 e. The van der Waals surface area contributed by atoms with Gasteiger partial charge in [0.15, 0.2) is 37.7 Å². The zero-order valence-corrected chi connectivity index (χ0v) is 53.3. The molecule has 41 nitrogen and oxygen atoms in total. The van der Waals surface area contributed by atoms with Crippen LogP contribution in [-0.2, 0) is 66.4 Å². The monoisotopic (exact) mass is 1410 g/mol. The first-order valence-corrected chi connectivity index (χ1v) is 32.5. The summed E-state index contributed by atoms with van der Waals surface area (Å²) in [4.78, 5) is 25.3. The summed E-state index contributed by atoms with van der Waals surface area (Å²) in [6.45, 7) is -2.54. The van der Waals surface area contributed by atoms with Gasteiger partial charge in [-0.25, -0.2) is 0 Å². The van der Waals surface area contributed by atoms with Gasteiger partial charge in [-0.2, -0.15) is 0 Å². The van der Waals surface area contributed by atoms with Crippen LogP contribution in [0.15, 0.2) is 0 Å². The van der Waals surface area contributed by atoms with Crippen LogP contribution in [0.3, 0.4) is 0 Å². The third-order valence-electron chi connectivity index (χ3n) is 19.2. The highest BCUT2D eigenvalue weighted by Crippen LogP contribution is 2.40. The van der Waals surface area contributed by atoms with Gasteiger partial charge in [0.25, 0.3) is 0 Å². The fourth-order valence-corrected chi connectivity index (χ4v) is 13.4. The van der Waals surface area contributed by atoms with Crippen LogP contribution in [-0.4, -0.2) is 360 Å². The third kappa shape index (κ3) is 19.0. The fraction of sp³-hybridized carbons (Fsp3) is 0.946. The molecular weight excluding hydrogens is 1300 g/mol. The van der Waals surface area contributed by atoms with E-state index in [1.54, 1.807) is 0 Å². The number of hydrogen-bond acceptors (Lipinski definition) is 40. The van der Waals surface area contributed by atoms with Crippen molar-refractivity contribution in [3.8, 4) is 0 Å². The van der Waals surface area contributed by atoms with Crippen LogP contribution in [0.5, 0.6) is 0 Å². The topological polar surface area (TPSA) is 758 Å². The maximum absolute atomic E-state index is 12.8.